The molecule has 0 saturated heterocycles. The average molecular weight is 302 g/mol. The van der Waals surface area contributed by atoms with E-state index in [1.165, 1.54) is 0 Å². The molecule has 0 aromatic carbocycles. The van der Waals surface area contributed by atoms with E-state index in [0.29, 0.717) is 19.4 Å². The van der Waals surface area contributed by atoms with Gasteiger partial charge in [0.1, 0.15) is 12.7 Å². The van der Waals surface area contributed by atoms with Crippen molar-refractivity contribution in [3.63, 3.8) is 0 Å². The highest BCUT2D eigenvalue weighted by molar-refractivity contribution is 5.69. The predicted molar refractivity (Wildman–Crippen MR) is 81.0 cm³/mol. The summed E-state index contributed by atoms with van der Waals surface area (Å²) in [5, 5.41) is 0. The lowest BCUT2D eigenvalue weighted by molar-refractivity contribution is -0.154. The molecule has 0 rings (SSSR count). The van der Waals surface area contributed by atoms with Crippen molar-refractivity contribution in [2.75, 3.05) is 13.2 Å². The minimum Gasteiger partial charge on any atom is -0.463 e. The van der Waals surface area contributed by atoms with Crippen LogP contribution in [0.1, 0.15) is 66.2 Å². The van der Waals surface area contributed by atoms with Crippen LogP contribution in [0.4, 0.5) is 0 Å². The number of ether oxygens (including phenoxy) is 3. The number of hydrogen-bond donors (Lipinski definition) is 0. The molecule has 21 heavy (non-hydrogen) atoms. The lowest BCUT2D eigenvalue weighted by atomic mass is 10.2. The standard InChI is InChI=1S/C16H30O5/c1-5-7-9-15(17)20-11-13(3)19-12-14(4)21-16(18)10-8-6-2/h13-14H,5-12H2,1-4H3. The van der Waals surface area contributed by atoms with Crippen LogP contribution in [0.25, 0.3) is 0 Å². The van der Waals surface area contributed by atoms with Gasteiger partial charge in [-0.1, -0.05) is 26.7 Å². The fourth-order valence-corrected chi connectivity index (χ4v) is 1.59. The van der Waals surface area contributed by atoms with Gasteiger partial charge < -0.3 is 14.2 Å². The summed E-state index contributed by atoms with van der Waals surface area (Å²) in [6.45, 7) is 8.23. The van der Waals surface area contributed by atoms with E-state index in [2.05, 4.69) is 0 Å². The first-order chi connectivity index (χ1) is 9.99. The van der Waals surface area contributed by atoms with Crippen LogP contribution in [0.15, 0.2) is 0 Å². The monoisotopic (exact) mass is 302 g/mol. The third-order valence-corrected chi connectivity index (χ3v) is 2.90. The lowest BCUT2D eigenvalue weighted by Crippen LogP contribution is -2.26. The van der Waals surface area contributed by atoms with Gasteiger partial charge in [0.2, 0.25) is 0 Å². The van der Waals surface area contributed by atoms with Crippen LogP contribution < -0.4 is 0 Å². The molecule has 0 aromatic rings. The van der Waals surface area contributed by atoms with E-state index in [-0.39, 0.29) is 30.8 Å². The first-order valence-electron chi connectivity index (χ1n) is 7.96. The Hall–Kier alpha value is -1.10. The van der Waals surface area contributed by atoms with Crippen molar-refractivity contribution in [2.45, 2.75) is 78.4 Å². The summed E-state index contributed by atoms with van der Waals surface area (Å²) in [5.41, 5.74) is 0. The van der Waals surface area contributed by atoms with Gasteiger partial charge in [-0.15, -0.1) is 0 Å². The number of rotatable bonds is 12. The zero-order chi connectivity index (χ0) is 16.1. The Kier molecular flexibility index (Phi) is 12.0. The van der Waals surface area contributed by atoms with Gasteiger partial charge >= 0.3 is 11.9 Å². The van der Waals surface area contributed by atoms with Crippen molar-refractivity contribution in [2.24, 2.45) is 0 Å². The molecule has 0 spiro atoms. The second-order valence-corrected chi connectivity index (χ2v) is 5.33. The molecule has 0 radical (unpaired) electrons. The van der Waals surface area contributed by atoms with Crippen LogP contribution in [-0.2, 0) is 23.8 Å². The summed E-state index contributed by atoms with van der Waals surface area (Å²) >= 11 is 0. The molecule has 5 nitrogen and oxygen atoms in total. The summed E-state index contributed by atoms with van der Waals surface area (Å²) in [6.07, 6.45) is 4.05. The highest BCUT2D eigenvalue weighted by atomic mass is 16.6. The normalized spacial score (nSPS) is 13.5. The van der Waals surface area contributed by atoms with Crippen molar-refractivity contribution < 1.29 is 23.8 Å². The number of esters is 2. The van der Waals surface area contributed by atoms with Crippen LogP contribution in [-0.4, -0.2) is 37.4 Å². The zero-order valence-electron chi connectivity index (χ0n) is 13.9. The SMILES string of the molecule is CCCCC(=O)OCC(C)OCC(C)OC(=O)CCCC. The van der Waals surface area contributed by atoms with E-state index in [1.54, 1.807) is 6.92 Å². The minimum atomic E-state index is -0.285. The molecule has 0 aromatic heterocycles. The largest absolute Gasteiger partial charge is 0.463 e. The van der Waals surface area contributed by atoms with Crippen molar-refractivity contribution in [3.05, 3.63) is 0 Å². The number of unbranched alkanes of at least 4 members (excludes halogenated alkanes) is 2. The Balaban J connectivity index is 3.69. The fraction of sp³-hybridized carbons (Fsp3) is 0.875. The topological polar surface area (TPSA) is 61.8 Å². The second kappa shape index (κ2) is 12.6. The number of hydrogen-bond acceptors (Lipinski definition) is 5. The minimum absolute atomic E-state index is 0.188. The van der Waals surface area contributed by atoms with Crippen LogP contribution in [0.5, 0.6) is 0 Å². The summed E-state index contributed by atoms with van der Waals surface area (Å²) in [4.78, 5) is 22.8. The lowest BCUT2D eigenvalue weighted by Gasteiger charge is -2.17. The van der Waals surface area contributed by atoms with Crippen molar-refractivity contribution in [1.29, 1.82) is 0 Å². The first-order valence-corrected chi connectivity index (χ1v) is 7.96. The van der Waals surface area contributed by atoms with Crippen LogP contribution in [0.2, 0.25) is 0 Å². The molecule has 0 aliphatic rings. The summed E-state index contributed by atoms with van der Waals surface area (Å²) in [7, 11) is 0. The van der Waals surface area contributed by atoms with E-state index < -0.39 is 0 Å². The van der Waals surface area contributed by atoms with Gasteiger partial charge in [-0.05, 0) is 26.7 Å². The highest BCUT2D eigenvalue weighted by Gasteiger charge is 2.12. The fourth-order valence-electron chi connectivity index (χ4n) is 1.59. The third-order valence-electron chi connectivity index (χ3n) is 2.90. The molecule has 0 aliphatic carbocycles. The van der Waals surface area contributed by atoms with Gasteiger partial charge in [-0.2, -0.15) is 0 Å². The van der Waals surface area contributed by atoms with E-state index in [0.717, 1.165) is 25.7 Å². The zero-order valence-corrected chi connectivity index (χ0v) is 13.9. The number of carbonyl (C=O) groups is 2. The molecule has 0 N–H and O–H groups in total. The Morgan fingerprint density at radius 3 is 2.00 bits per heavy atom. The van der Waals surface area contributed by atoms with Gasteiger partial charge in [0.05, 0.1) is 12.7 Å². The van der Waals surface area contributed by atoms with Crippen molar-refractivity contribution in [3.8, 4) is 0 Å². The van der Waals surface area contributed by atoms with Crippen LogP contribution in [0.3, 0.4) is 0 Å². The molecule has 0 heterocycles. The average Bonchev–Trinajstić information content (AvgIpc) is 2.46. The van der Waals surface area contributed by atoms with Gasteiger partial charge in [-0.3, -0.25) is 9.59 Å². The molecule has 124 valence electrons. The molecular formula is C16H30O5. The second-order valence-electron chi connectivity index (χ2n) is 5.33. The van der Waals surface area contributed by atoms with Gasteiger partial charge in [0.25, 0.3) is 0 Å². The Morgan fingerprint density at radius 2 is 1.43 bits per heavy atom. The highest BCUT2D eigenvalue weighted by Crippen LogP contribution is 2.03. The van der Waals surface area contributed by atoms with E-state index in [1.807, 2.05) is 20.8 Å². The van der Waals surface area contributed by atoms with E-state index in [4.69, 9.17) is 14.2 Å². The molecule has 0 aliphatic heterocycles. The molecule has 2 atom stereocenters. The summed E-state index contributed by atoms with van der Waals surface area (Å²) < 4.78 is 15.8. The molecule has 0 saturated carbocycles. The quantitative estimate of drug-likeness (QED) is 0.518. The molecular weight excluding hydrogens is 272 g/mol. The van der Waals surface area contributed by atoms with Gasteiger partial charge in [-0.25, -0.2) is 0 Å². The molecule has 0 amide bonds. The first kappa shape index (κ1) is 19.9. The van der Waals surface area contributed by atoms with Crippen molar-refractivity contribution >= 4 is 11.9 Å². The summed E-state index contributed by atoms with van der Waals surface area (Å²) in [5.74, 6) is -0.377. The maximum Gasteiger partial charge on any atom is 0.306 e. The molecule has 2 unspecified atom stereocenters. The molecule has 0 fully saturated rings. The Labute approximate surface area is 128 Å². The van der Waals surface area contributed by atoms with E-state index in [9.17, 15) is 9.59 Å². The van der Waals surface area contributed by atoms with Gasteiger partial charge in [0, 0.05) is 12.8 Å². The molecule has 0 bridgehead atoms. The maximum absolute atomic E-state index is 11.4. The predicted octanol–water partition coefficient (Wildman–Crippen LogP) is 3.25. The Bertz CT molecular complexity index is 290. The smallest absolute Gasteiger partial charge is 0.306 e. The third kappa shape index (κ3) is 12.4. The van der Waals surface area contributed by atoms with Crippen LogP contribution >= 0.6 is 0 Å². The summed E-state index contributed by atoms with van der Waals surface area (Å²) in [6, 6.07) is 0. The van der Waals surface area contributed by atoms with E-state index >= 15 is 0 Å². The Morgan fingerprint density at radius 1 is 0.857 bits per heavy atom. The molecule has 5 heteroatoms. The van der Waals surface area contributed by atoms with Crippen molar-refractivity contribution in [1.82, 2.24) is 0 Å². The van der Waals surface area contributed by atoms with Gasteiger partial charge in [0.15, 0.2) is 0 Å². The maximum atomic E-state index is 11.4. The van der Waals surface area contributed by atoms with Crippen LogP contribution in [0, 0.1) is 0 Å². The number of carbonyl (C=O) groups excluding carboxylic acids is 2.